The molecule has 1 fully saturated rings. The first kappa shape index (κ1) is 17.4. The van der Waals surface area contributed by atoms with Crippen molar-refractivity contribution in [1.82, 2.24) is 9.55 Å². The zero-order valence-electron chi connectivity index (χ0n) is 13.5. The molecule has 3 rings (SSSR count). The van der Waals surface area contributed by atoms with Gasteiger partial charge in [-0.15, -0.1) is 0 Å². The molecule has 6 nitrogen and oxygen atoms in total. The van der Waals surface area contributed by atoms with E-state index in [1.165, 1.54) is 11.8 Å². The van der Waals surface area contributed by atoms with Gasteiger partial charge in [-0.3, -0.25) is 9.36 Å². The van der Waals surface area contributed by atoms with E-state index in [-0.39, 0.29) is 23.0 Å². The number of aliphatic hydroxyl groups is 1. The highest BCUT2D eigenvalue weighted by Gasteiger charge is 2.38. The van der Waals surface area contributed by atoms with E-state index in [9.17, 15) is 18.3 Å². The molecule has 130 valence electrons. The number of fused-ring (bicyclic) bond motifs is 1. The molecular formula is C16H20N2O4S2. The molecule has 0 unspecified atom stereocenters. The Morgan fingerprint density at radius 1 is 1.33 bits per heavy atom. The summed E-state index contributed by atoms with van der Waals surface area (Å²) in [7, 11) is -3.24. The molecule has 24 heavy (non-hydrogen) atoms. The molecule has 0 amide bonds. The van der Waals surface area contributed by atoms with E-state index in [1.807, 2.05) is 19.9 Å². The number of rotatable bonds is 4. The van der Waals surface area contributed by atoms with Gasteiger partial charge in [0.15, 0.2) is 15.0 Å². The zero-order chi connectivity index (χ0) is 17.5. The number of nitrogens with zero attached hydrogens (tertiary/aromatic N) is 2. The standard InChI is InChI=1S/C16H20N2O4S2/c1-10(2)7-18-15(20)11-5-3-4-6-12(11)17-16(18)23-14-9-24(21,22)8-13(14)19/h3-6,10,13-14,19H,7-9H2,1-2H3/t13-,14-/m0/s1. The third-order valence-electron chi connectivity index (χ3n) is 3.90. The van der Waals surface area contributed by atoms with Crippen molar-refractivity contribution in [2.75, 3.05) is 11.5 Å². The van der Waals surface area contributed by atoms with Crippen LogP contribution in [0.3, 0.4) is 0 Å². The van der Waals surface area contributed by atoms with Crippen LogP contribution < -0.4 is 5.56 Å². The van der Waals surface area contributed by atoms with E-state index in [2.05, 4.69) is 4.98 Å². The van der Waals surface area contributed by atoms with Crippen LogP contribution in [0.1, 0.15) is 13.8 Å². The van der Waals surface area contributed by atoms with Gasteiger partial charge in [-0.1, -0.05) is 37.7 Å². The number of benzene rings is 1. The number of hydrogen-bond acceptors (Lipinski definition) is 6. The van der Waals surface area contributed by atoms with Crippen LogP contribution in [0.15, 0.2) is 34.2 Å². The molecule has 8 heteroatoms. The highest BCUT2D eigenvalue weighted by Crippen LogP contribution is 2.30. The quantitative estimate of drug-likeness (QED) is 0.819. The molecule has 1 aromatic heterocycles. The van der Waals surface area contributed by atoms with Crippen LogP contribution in [0.2, 0.25) is 0 Å². The second kappa shape index (κ2) is 6.50. The molecule has 0 bridgehead atoms. The van der Waals surface area contributed by atoms with Crippen LogP contribution >= 0.6 is 11.8 Å². The van der Waals surface area contributed by atoms with Gasteiger partial charge >= 0.3 is 0 Å². The van der Waals surface area contributed by atoms with Gasteiger partial charge < -0.3 is 5.11 Å². The summed E-state index contributed by atoms with van der Waals surface area (Å²) in [6.45, 7) is 4.50. The number of para-hydroxylation sites is 1. The average Bonchev–Trinajstić information content (AvgIpc) is 2.75. The van der Waals surface area contributed by atoms with Crippen LogP contribution in [0.5, 0.6) is 0 Å². The van der Waals surface area contributed by atoms with Crippen molar-refractivity contribution in [3.05, 3.63) is 34.6 Å². The summed E-state index contributed by atoms with van der Waals surface area (Å²) in [5.41, 5.74) is 0.451. The largest absolute Gasteiger partial charge is 0.391 e. The summed E-state index contributed by atoms with van der Waals surface area (Å²) in [6.07, 6.45) is -0.934. The van der Waals surface area contributed by atoms with Crippen molar-refractivity contribution >= 4 is 32.5 Å². The van der Waals surface area contributed by atoms with E-state index >= 15 is 0 Å². The van der Waals surface area contributed by atoms with Crippen molar-refractivity contribution in [3.8, 4) is 0 Å². The predicted octanol–water partition coefficient (Wildman–Crippen LogP) is 1.30. The normalized spacial score (nSPS) is 23.2. The number of aromatic nitrogens is 2. The third-order valence-corrected chi connectivity index (χ3v) is 7.14. The molecule has 0 radical (unpaired) electrons. The van der Waals surface area contributed by atoms with Gasteiger partial charge in [0.05, 0.1) is 33.8 Å². The van der Waals surface area contributed by atoms with Gasteiger partial charge in [-0.25, -0.2) is 13.4 Å². The van der Waals surface area contributed by atoms with E-state index in [4.69, 9.17) is 0 Å². The number of aliphatic hydroxyl groups excluding tert-OH is 1. The van der Waals surface area contributed by atoms with Crippen LogP contribution in [0.25, 0.3) is 10.9 Å². The van der Waals surface area contributed by atoms with Gasteiger partial charge in [0, 0.05) is 6.54 Å². The topological polar surface area (TPSA) is 89.3 Å². The lowest BCUT2D eigenvalue weighted by molar-refractivity contribution is 0.207. The van der Waals surface area contributed by atoms with Crippen molar-refractivity contribution < 1.29 is 13.5 Å². The molecule has 2 atom stereocenters. The molecule has 1 saturated heterocycles. The highest BCUT2D eigenvalue weighted by molar-refractivity contribution is 8.01. The molecule has 1 N–H and O–H groups in total. The lowest BCUT2D eigenvalue weighted by Gasteiger charge is -2.18. The fourth-order valence-electron chi connectivity index (χ4n) is 2.81. The third kappa shape index (κ3) is 3.50. The Labute approximate surface area is 144 Å². The minimum Gasteiger partial charge on any atom is -0.391 e. The van der Waals surface area contributed by atoms with Gasteiger partial charge in [0.1, 0.15) is 0 Å². The highest BCUT2D eigenvalue weighted by atomic mass is 32.2. The molecule has 1 aliphatic heterocycles. The van der Waals surface area contributed by atoms with Crippen LogP contribution in [0, 0.1) is 5.92 Å². The van der Waals surface area contributed by atoms with E-state index < -0.39 is 21.2 Å². The number of hydrogen-bond donors (Lipinski definition) is 1. The van der Waals surface area contributed by atoms with E-state index in [0.29, 0.717) is 22.6 Å². The summed E-state index contributed by atoms with van der Waals surface area (Å²) in [5.74, 6) is -0.0854. The molecule has 1 aliphatic rings. The van der Waals surface area contributed by atoms with Crippen molar-refractivity contribution in [3.63, 3.8) is 0 Å². The molecule has 2 heterocycles. The maximum absolute atomic E-state index is 12.8. The fraction of sp³-hybridized carbons (Fsp3) is 0.500. The Morgan fingerprint density at radius 2 is 2.04 bits per heavy atom. The van der Waals surface area contributed by atoms with Gasteiger partial charge in [0.25, 0.3) is 5.56 Å². The summed E-state index contributed by atoms with van der Waals surface area (Å²) in [4.78, 5) is 17.4. The van der Waals surface area contributed by atoms with Crippen molar-refractivity contribution in [1.29, 1.82) is 0 Å². The smallest absolute Gasteiger partial charge is 0.262 e. The molecule has 1 aromatic carbocycles. The lowest BCUT2D eigenvalue weighted by atomic mass is 10.2. The van der Waals surface area contributed by atoms with Gasteiger partial charge in [-0.05, 0) is 18.1 Å². The molecule has 0 spiro atoms. The van der Waals surface area contributed by atoms with Crippen LogP contribution in [-0.4, -0.2) is 45.9 Å². The maximum Gasteiger partial charge on any atom is 0.262 e. The first-order valence-corrected chi connectivity index (χ1v) is 10.5. The minimum atomic E-state index is -3.24. The Balaban J connectivity index is 2.07. The predicted molar refractivity (Wildman–Crippen MR) is 95.1 cm³/mol. The number of sulfone groups is 1. The first-order chi connectivity index (χ1) is 11.3. The SMILES string of the molecule is CC(C)Cn1c(S[C@H]2CS(=O)(=O)C[C@@H]2O)nc2ccccc2c1=O. The van der Waals surface area contributed by atoms with Crippen LogP contribution in [-0.2, 0) is 16.4 Å². The Bertz CT molecular complexity index is 921. The Morgan fingerprint density at radius 3 is 2.67 bits per heavy atom. The Kier molecular flexibility index (Phi) is 4.72. The summed E-state index contributed by atoms with van der Waals surface area (Å²) >= 11 is 1.18. The second-order valence-corrected chi connectivity index (χ2v) is 9.88. The number of thioether (sulfide) groups is 1. The van der Waals surface area contributed by atoms with E-state index in [0.717, 1.165) is 0 Å². The minimum absolute atomic E-state index is 0.0940. The van der Waals surface area contributed by atoms with Crippen molar-refractivity contribution in [2.24, 2.45) is 5.92 Å². The first-order valence-electron chi connectivity index (χ1n) is 7.81. The fourth-order valence-corrected chi connectivity index (χ4v) is 6.40. The molecular weight excluding hydrogens is 348 g/mol. The maximum atomic E-state index is 12.8. The van der Waals surface area contributed by atoms with Gasteiger partial charge in [0.2, 0.25) is 0 Å². The van der Waals surface area contributed by atoms with Crippen LogP contribution in [0.4, 0.5) is 0 Å². The second-order valence-electron chi connectivity index (χ2n) is 6.52. The van der Waals surface area contributed by atoms with E-state index in [1.54, 1.807) is 22.8 Å². The lowest BCUT2D eigenvalue weighted by Crippen LogP contribution is -2.28. The summed E-state index contributed by atoms with van der Waals surface area (Å²) in [5, 5.41) is 10.5. The molecule has 2 aromatic rings. The summed E-state index contributed by atoms with van der Waals surface area (Å²) < 4.78 is 25.0. The van der Waals surface area contributed by atoms with Crippen molar-refractivity contribution in [2.45, 2.75) is 36.9 Å². The monoisotopic (exact) mass is 368 g/mol. The molecule has 0 saturated carbocycles. The Hall–Kier alpha value is -1.38. The molecule has 0 aliphatic carbocycles. The average molecular weight is 368 g/mol. The summed E-state index contributed by atoms with van der Waals surface area (Å²) in [6, 6.07) is 7.11. The van der Waals surface area contributed by atoms with Gasteiger partial charge in [-0.2, -0.15) is 0 Å². The zero-order valence-corrected chi connectivity index (χ0v) is 15.2.